The zero-order valence-electron chi connectivity index (χ0n) is 9.61. The standard InChI is InChI=1S/C11H11N5OS/c1-7-4-8(11(12)16-17)5-10(15-7)18-9-2-3-13-6-14-9/h2-6,17H,1H3,(H2,12,16). The van der Waals surface area contributed by atoms with E-state index < -0.39 is 0 Å². The largest absolute Gasteiger partial charge is 0.409 e. The maximum Gasteiger partial charge on any atom is 0.170 e. The molecule has 0 amide bonds. The Morgan fingerprint density at radius 1 is 1.39 bits per heavy atom. The van der Waals surface area contributed by atoms with Gasteiger partial charge in [0.25, 0.3) is 0 Å². The minimum atomic E-state index is 0.0602. The predicted octanol–water partition coefficient (Wildman–Crippen LogP) is 1.43. The van der Waals surface area contributed by atoms with Crippen LogP contribution in [-0.4, -0.2) is 26.0 Å². The molecule has 7 heteroatoms. The highest BCUT2D eigenvalue weighted by molar-refractivity contribution is 7.99. The summed E-state index contributed by atoms with van der Waals surface area (Å²) in [5, 5.41) is 13.2. The Morgan fingerprint density at radius 2 is 2.22 bits per heavy atom. The number of oxime groups is 1. The summed E-state index contributed by atoms with van der Waals surface area (Å²) >= 11 is 1.39. The van der Waals surface area contributed by atoms with E-state index in [0.717, 1.165) is 15.7 Å². The number of aryl methyl sites for hydroxylation is 1. The number of hydrogen-bond donors (Lipinski definition) is 2. The molecule has 0 radical (unpaired) electrons. The molecule has 0 saturated carbocycles. The second-order valence-electron chi connectivity index (χ2n) is 3.47. The first-order valence-electron chi connectivity index (χ1n) is 5.09. The summed E-state index contributed by atoms with van der Waals surface area (Å²) in [6.07, 6.45) is 3.14. The molecule has 2 aromatic heterocycles. The molecule has 0 saturated heterocycles. The van der Waals surface area contributed by atoms with Crippen LogP contribution in [0.1, 0.15) is 11.3 Å². The van der Waals surface area contributed by atoms with E-state index in [2.05, 4.69) is 20.1 Å². The Hall–Kier alpha value is -2.15. The lowest BCUT2D eigenvalue weighted by molar-refractivity contribution is 0.318. The molecule has 2 rings (SSSR count). The first-order valence-corrected chi connectivity index (χ1v) is 5.91. The van der Waals surface area contributed by atoms with Crippen LogP contribution < -0.4 is 5.73 Å². The zero-order valence-corrected chi connectivity index (χ0v) is 10.4. The van der Waals surface area contributed by atoms with Crippen LogP contribution in [0.2, 0.25) is 0 Å². The molecule has 2 aromatic rings. The number of pyridine rings is 1. The van der Waals surface area contributed by atoms with Crippen LogP contribution in [0.3, 0.4) is 0 Å². The highest BCUT2D eigenvalue weighted by atomic mass is 32.2. The van der Waals surface area contributed by atoms with Gasteiger partial charge < -0.3 is 10.9 Å². The van der Waals surface area contributed by atoms with Crippen LogP contribution in [0.4, 0.5) is 0 Å². The van der Waals surface area contributed by atoms with E-state index in [0.29, 0.717) is 5.56 Å². The smallest absolute Gasteiger partial charge is 0.170 e. The van der Waals surface area contributed by atoms with Gasteiger partial charge in [-0.05, 0) is 36.9 Å². The van der Waals surface area contributed by atoms with Crippen LogP contribution >= 0.6 is 11.8 Å². The van der Waals surface area contributed by atoms with Crippen molar-refractivity contribution in [2.75, 3.05) is 0 Å². The van der Waals surface area contributed by atoms with Gasteiger partial charge >= 0.3 is 0 Å². The Labute approximate surface area is 108 Å². The van der Waals surface area contributed by atoms with Gasteiger partial charge in [-0.25, -0.2) is 15.0 Å². The summed E-state index contributed by atoms with van der Waals surface area (Å²) in [6.45, 7) is 1.85. The van der Waals surface area contributed by atoms with Crippen molar-refractivity contribution in [3.05, 3.63) is 42.0 Å². The number of nitrogens with zero attached hydrogens (tertiary/aromatic N) is 4. The van der Waals surface area contributed by atoms with Gasteiger partial charge in [-0.15, -0.1) is 0 Å². The molecule has 2 heterocycles. The molecule has 0 unspecified atom stereocenters. The van der Waals surface area contributed by atoms with Crippen molar-refractivity contribution >= 4 is 17.6 Å². The summed E-state index contributed by atoms with van der Waals surface area (Å²) in [5.74, 6) is 0.0602. The lowest BCUT2D eigenvalue weighted by atomic mass is 10.2. The van der Waals surface area contributed by atoms with Crippen molar-refractivity contribution < 1.29 is 5.21 Å². The molecule has 0 bridgehead atoms. The normalized spacial score (nSPS) is 11.5. The van der Waals surface area contributed by atoms with E-state index in [-0.39, 0.29) is 5.84 Å². The van der Waals surface area contributed by atoms with Gasteiger partial charge in [0.1, 0.15) is 16.4 Å². The van der Waals surface area contributed by atoms with Crippen LogP contribution in [0.15, 0.2) is 45.9 Å². The minimum absolute atomic E-state index is 0.0602. The monoisotopic (exact) mass is 261 g/mol. The second kappa shape index (κ2) is 5.46. The molecule has 18 heavy (non-hydrogen) atoms. The first-order chi connectivity index (χ1) is 8.69. The molecule has 92 valence electrons. The molecule has 0 aliphatic heterocycles. The number of nitrogens with two attached hydrogens (primary N) is 1. The number of rotatable bonds is 3. The van der Waals surface area contributed by atoms with Gasteiger partial charge in [-0.2, -0.15) is 0 Å². The van der Waals surface area contributed by atoms with Crippen LogP contribution in [0.25, 0.3) is 0 Å². The van der Waals surface area contributed by atoms with E-state index in [1.165, 1.54) is 18.1 Å². The predicted molar refractivity (Wildman–Crippen MR) is 67.6 cm³/mol. The highest BCUT2D eigenvalue weighted by Gasteiger charge is 2.06. The van der Waals surface area contributed by atoms with Crippen LogP contribution in [0.5, 0.6) is 0 Å². The van der Waals surface area contributed by atoms with Crippen molar-refractivity contribution in [3.8, 4) is 0 Å². The maximum atomic E-state index is 8.67. The van der Waals surface area contributed by atoms with Crippen LogP contribution in [0, 0.1) is 6.92 Å². The van der Waals surface area contributed by atoms with Crippen molar-refractivity contribution in [1.29, 1.82) is 0 Å². The number of aromatic nitrogens is 3. The topological polar surface area (TPSA) is 97.3 Å². The van der Waals surface area contributed by atoms with E-state index in [1.807, 2.05) is 6.92 Å². The first kappa shape index (κ1) is 12.3. The Kier molecular flexibility index (Phi) is 3.73. The van der Waals surface area contributed by atoms with Gasteiger partial charge in [0.2, 0.25) is 0 Å². The van der Waals surface area contributed by atoms with E-state index in [9.17, 15) is 0 Å². The second-order valence-corrected chi connectivity index (χ2v) is 4.51. The van der Waals surface area contributed by atoms with Gasteiger partial charge in [0, 0.05) is 17.5 Å². The molecular formula is C11H11N5OS. The molecule has 0 aliphatic carbocycles. The van der Waals surface area contributed by atoms with Gasteiger partial charge in [-0.3, -0.25) is 0 Å². The van der Waals surface area contributed by atoms with Crippen molar-refractivity contribution in [2.24, 2.45) is 10.9 Å². The minimum Gasteiger partial charge on any atom is -0.409 e. The molecule has 0 aromatic carbocycles. The lowest BCUT2D eigenvalue weighted by Gasteiger charge is -2.04. The Bertz CT molecular complexity index is 573. The Morgan fingerprint density at radius 3 is 2.89 bits per heavy atom. The lowest BCUT2D eigenvalue weighted by Crippen LogP contribution is -2.13. The van der Waals surface area contributed by atoms with E-state index >= 15 is 0 Å². The van der Waals surface area contributed by atoms with Gasteiger partial charge in [0.15, 0.2) is 5.84 Å². The van der Waals surface area contributed by atoms with Crippen LogP contribution in [-0.2, 0) is 0 Å². The fourth-order valence-corrected chi connectivity index (χ4v) is 2.16. The van der Waals surface area contributed by atoms with Crippen molar-refractivity contribution in [3.63, 3.8) is 0 Å². The average molecular weight is 261 g/mol. The summed E-state index contributed by atoms with van der Waals surface area (Å²) in [6, 6.07) is 5.28. The summed E-state index contributed by atoms with van der Waals surface area (Å²) in [5.41, 5.74) is 6.98. The zero-order chi connectivity index (χ0) is 13.0. The molecule has 0 aliphatic rings. The molecule has 0 atom stereocenters. The third-order valence-electron chi connectivity index (χ3n) is 2.10. The molecule has 3 N–H and O–H groups in total. The summed E-state index contributed by atoms with van der Waals surface area (Å²) in [4.78, 5) is 12.3. The summed E-state index contributed by atoms with van der Waals surface area (Å²) < 4.78 is 0. The number of amidine groups is 1. The number of hydrogen-bond acceptors (Lipinski definition) is 6. The molecular weight excluding hydrogens is 250 g/mol. The fourth-order valence-electron chi connectivity index (χ4n) is 1.34. The molecule has 6 nitrogen and oxygen atoms in total. The molecule has 0 fully saturated rings. The molecule has 0 spiro atoms. The maximum absolute atomic E-state index is 8.67. The van der Waals surface area contributed by atoms with E-state index in [4.69, 9.17) is 10.9 Å². The quantitative estimate of drug-likeness (QED) is 0.285. The highest BCUT2D eigenvalue weighted by Crippen LogP contribution is 2.24. The van der Waals surface area contributed by atoms with E-state index in [1.54, 1.807) is 24.4 Å². The average Bonchev–Trinajstić information content (AvgIpc) is 2.38. The fraction of sp³-hybridized carbons (Fsp3) is 0.0909. The van der Waals surface area contributed by atoms with Crippen molar-refractivity contribution in [2.45, 2.75) is 17.0 Å². The Balaban J connectivity index is 2.31. The van der Waals surface area contributed by atoms with Crippen molar-refractivity contribution in [1.82, 2.24) is 15.0 Å². The van der Waals surface area contributed by atoms with Gasteiger partial charge in [-0.1, -0.05) is 5.16 Å². The third-order valence-corrected chi connectivity index (χ3v) is 2.97. The summed E-state index contributed by atoms with van der Waals surface area (Å²) in [7, 11) is 0. The SMILES string of the molecule is Cc1cc(/C(N)=N/O)cc(Sc2ccncn2)n1. The third kappa shape index (κ3) is 2.95. The van der Waals surface area contributed by atoms with Gasteiger partial charge in [0.05, 0.1) is 0 Å².